The van der Waals surface area contributed by atoms with E-state index < -0.39 is 28.3 Å². The molecule has 0 radical (unpaired) electrons. The minimum atomic E-state index is -2.49. The molecule has 2 unspecified atom stereocenters. The Morgan fingerprint density at radius 1 is 1.47 bits per heavy atom. The number of nitro benzene ring substituents is 1. The topological polar surface area (TPSA) is 121 Å². The molecule has 7 heteroatoms. The number of rotatable bonds is 4. The van der Waals surface area contributed by atoms with Crippen molar-refractivity contribution in [1.29, 1.82) is 0 Å². The lowest BCUT2D eigenvalue weighted by Crippen LogP contribution is -2.41. The summed E-state index contributed by atoms with van der Waals surface area (Å²) in [7, 11) is 0. The Labute approximate surface area is 96.1 Å². The zero-order valence-corrected chi connectivity index (χ0v) is 8.90. The zero-order valence-electron chi connectivity index (χ0n) is 8.90. The summed E-state index contributed by atoms with van der Waals surface area (Å²) in [4.78, 5) is 20.7. The molecule has 3 N–H and O–H groups in total. The van der Waals surface area contributed by atoms with Crippen LogP contribution in [-0.2, 0) is 4.79 Å². The molecule has 0 saturated carbocycles. The van der Waals surface area contributed by atoms with Gasteiger partial charge in [-0.2, -0.15) is 0 Å². The van der Waals surface area contributed by atoms with E-state index in [1.165, 1.54) is 18.2 Å². The summed E-state index contributed by atoms with van der Waals surface area (Å²) in [5.74, 6) is -1.66. The van der Waals surface area contributed by atoms with Gasteiger partial charge in [-0.25, -0.2) is 4.79 Å². The molecule has 0 aliphatic rings. The average Bonchev–Trinajstić information content (AvgIpc) is 2.27. The van der Waals surface area contributed by atoms with E-state index >= 15 is 0 Å². The number of carboxylic acid groups (broad SMARTS) is 1. The fourth-order valence-electron chi connectivity index (χ4n) is 1.30. The summed E-state index contributed by atoms with van der Waals surface area (Å²) < 4.78 is 0. The Balaban J connectivity index is 3.26. The summed E-state index contributed by atoms with van der Waals surface area (Å²) in [6, 6.07) is 5.10. The van der Waals surface area contributed by atoms with Crippen LogP contribution >= 0.6 is 0 Å². The number of benzene rings is 1. The molecule has 1 aromatic carbocycles. The monoisotopic (exact) mass is 241 g/mol. The molecule has 0 aliphatic heterocycles. The minimum Gasteiger partial charge on any atom is -0.479 e. The van der Waals surface area contributed by atoms with Gasteiger partial charge in [-0.05, 0) is 13.0 Å². The third-order valence-corrected chi connectivity index (χ3v) is 2.39. The van der Waals surface area contributed by atoms with Gasteiger partial charge in [-0.15, -0.1) is 0 Å². The molecule has 0 amide bonds. The van der Waals surface area contributed by atoms with E-state index in [9.17, 15) is 25.1 Å². The SMILES string of the molecule is CC(O)(C(=O)O)C(O)c1ccccc1[N+](=O)[O-]. The first kappa shape index (κ1) is 13.1. The number of aliphatic carboxylic acids is 1. The van der Waals surface area contributed by atoms with Gasteiger partial charge >= 0.3 is 5.97 Å². The summed E-state index contributed by atoms with van der Waals surface area (Å²) in [6.07, 6.45) is -1.89. The zero-order chi connectivity index (χ0) is 13.2. The van der Waals surface area contributed by atoms with Crippen LogP contribution in [0.1, 0.15) is 18.6 Å². The number of para-hydroxylation sites is 1. The Hall–Kier alpha value is -1.99. The second-order valence-corrected chi connectivity index (χ2v) is 3.67. The fourth-order valence-corrected chi connectivity index (χ4v) is 1.30. The van der Waals surface area contributed by atoms with Crippen LogP contribution in [0.2, 0.25) is 0 Å². The van der Waals surface area contributed by atoms with Gasteiger partial charge < -0.3 is 15.3 Å². The predicted octanol–water partition coefficient (Wildman–Crippen LogP) is 0.464. The van der Waals surface area contributed by atoms with E-state index in [0.717, 1.165) is 13.0 Å². The highest BCUT2D eigenvalue weighted by molar-refractivity contribution is 5.78. The van der Waals surface area contributed by atoms with E-state index in [1.54, 1.807) is 0 Å². The van der Waals surface area contributed by atoms with Crippen molar-refractivity contribution in [3.8, 4) is 0 Å². The fraction of sp³-hybridized carbons (Fsp3) is 0.300. The molecule has 2 atom stereocenters. The molecule has 0 aromatic heterocycles. The Morgan fingerprint density at radius 3 is 2.47 bits per heavy atom. The molecule has 1 rings (SSSR count). The van der Waals surface area contributed by atoms with Gasteiger partial charge in [-0.1, -0.05) is 12.1 Å². The van der Waals surface area contributed by atoms with E-state index in [1.807, 2.05) is 0 Å². The molecule has 0 heterocycles. The van der Waals surface area contributed by atoms with Gasteiger partial charge in [0.2, 0.25) is 0 Å². The van der Waals surface area contributed by atoms with Crippen molar-refractivity contribution in [2.75, 3.05) is 0 Å². The van der Waals surface area contributed by atoms with Crippen molar-refractivity contribution in [2.24, 2.45) is 0 Å². The molecule has 0 spiro atoms. The van der Waals surface area contributed by atoms with Gasteiger partial charge in [0, 0.05) is 6.07 Å². The maximum atomic E-state index is 10.7. The number of hydrogen-bond acceptors (Lipinski definition) is 5. The van der Waals surface area contributed by atoms with Crippen LogP contribution < -0.4 is 0 Å². The third-order valence-electron chi connectivity index (χ3n) is 2.39. The van der Waals surface area contributed by atoms with Crippen molar-refractivity contribution in [3.63, 3.8) is 0 Å². The minimum absolute atomic E-state index is 0.245. The number of aliphatic hydroxyl groups is 2. The maximum Gasteiger partial charge on any atom is 0.338 e. The molecule has 0 saturated heterocycles. The molecule has 0 fully saturated rings. The molecule has 7 nitrogen and oxygen atoms in total. The van der Waals surface area contributed by atoms with E-state index in [4.69, 9.17) is 5.11 Å². The number of nitrogens with zero attached hydrogens (tertiary/aromatic N) is 1. The third kappa shape index (κ3) is 2.40. The first-order chi connectivity index (χ1) is 7.78. The van der Waals surface area contributed by atoms with Crippen molar-refractivity contribution in [3.05, 3.63) is 39.9 Å². The van der Waals surface area contributed by atoms with Crippen LogP contribution in [0, 0.1) is 10.1 Å². The standard InChI is InChI=1S/C10H11NO6/c1-10(15,9(13)14)8(12)6-4-2-3-5-7(6)11(16)17/h2-5,8,12,15H,1H3,(H,13,14). The Bertz CT molecular complexity index is 456. The summed E-state index contributed by atoms with van der Waals surface area (Å²) in [5, 5.41) is 38.7. The summed E-state index contributed by atoms with van der Waals surface area (Å²) >= 11 is 0. The normalized spacial score (nSPS) is 15.9. The van der Waals surface area contributed by atoms with Crippen molar-refractivity contribution in [1.82, 2.24) is 0 Å². The number of carboxylic acids is 1. The highest BCUT2D eigenvalue weighted by atomic mass is 16.6. The van der Waals surface area contributed by atoms with Crippen molar-refractivity contribution < 1.29 is 25.0 Å². The highest BCUT2D eigenvalue weighted by Crippen LogP contribution is 2.32. The lowest BCUT2D eigenvalue weighted by atomic mass is 9.92. The molecule has 17 heavy (non-hydrogen) atoms. The molecule has 92 valence electrons. The molecular weight excluding hydrogens is 230 g/mol. The van der Waals surface area contributed by atoms with Crippen molar-refractivity contribution in [2.45, 2.75) is 18.6 Å². The predicted molar refractivity (Wildman–Crippen MR) is 56.3 cm³/mol. The van der Waals surface area contributed by atoms with Crippen LogP contribution in [0.5, 0.6) is 0 Å². The van der Waals surface area contributed by atoms with Crippen LogP contribution in [0.4, 0.5) is 5.69 Å². The van der Waals surface area contributed by atoms with Crippen LogP contribution in [0.25, 0.3) is 0 Å². The molecule has 1 aromatic rings. The summed E-state index contributed by atoms with van der Waals surface area (Å²) in [5.41, 5.74) is -3.18. The number of aliphatic hydroxyl groups excluding tert-OH is 1. The summed E-state index contributed by atoms with van der Waals surface area (Å²) in [6.45, 7) is 0.872. The second kappa shape index (κ2) is 4.48. The molecule has 0 bridgehead atoms. The first-order valence-corrected chi connectivity index (χ1v) is 4.65. The van der Waals surface area contributed by atoms with Gasteiger partial charge in [0.15, 0.2) is 5.60 Å². The van der Waals surface area contributed by atoms with E-state index in [2.05, 4.69) is 0 Å². The van der Waals surface area contributed by atoms with Gasteiger partial charge in [0.05, 0.1) is 10.5 Å². The van der Waals surface area contributed by atoms with Crippen LogP contribution in [0.3, 0.4) is 0 Å². The van der Waals surface area contributed by atoms with E-state index in [-0.39, 0.29) is 5.56 Å². The van der Waals surface area contributed by atoms with Gasteiger partial charge in [0.1, 0.15) is 6.10 Å². The quantitative estimate of drug-likeness (QED) is 0.520. The van der Waals surface area contributed by atoms with Crippen LogP contribution in [-0.4, -0.2) is 31.8 Å². The average molecular weight is 241 g/mol. The van der Waals surface area contributed by atoms with E-state index in [0.29, 0.717) is 0 Å². The highest BCUT2D eigenvalue weighted by Gasteiger charge is 2.42. The number of carbonyl (C=O) groups is 1. The molecule has 0 aliphatic carbocycles. The van der Waals surface area contributed by atoms with Crippen molar-refractivity contribution >= 4 is 11.7 Å². The first-order valence-electron chi connectivity index (χ1n) is 4.65. The Kier molecular flexibility index (Phi) is 3.45. The lowest BCUT2D eigenvalue weighted by molar-refractivity contribution is -0.386. The number of hydrogen-bond donors (Lipinski definition) is 3. The van der Waals surface area contributed by atoms with Crippen LogP contribution in [0.15, 0.2) is 24.3 Å². The second-order valence-electron chi connectivity index (χ2n) is 3.67. The maximum absolute atomic E-state index is 10.7. The lowest BCUT2D eigenvalue weighted by Gasteiger charge is -2.24. The smallest absolute Gasteiger partial charge is 0.338 e. The number of nitro groups is 1. The van der Waals surface area contributed by atoms with Gasteiger partial charge in [-0.3, -0.25) is 10.1 Å². The largest absolute Gasteiger partial charge is 0.479 e. The van der Waals surface area contributed by atoms with Gasteiger partial charge in [0.25, 0.3) is 5.69 Å². The molecular formula is C10H11NO6. The Morgan fingerprint density at radius 2 is 2.00 bits per heavy atom.